The van der Waals surface area contributed by atoms with Gasteiger partial charge in [0.2, 0.25) is 0 Å². The Kier molecular flexibility index (Phi) is 4.50. The van der Waals surface area contributed by atoms with Gasteiger partial charge in [-0.3, -0.25) is 15.0 Å². The van der Waals surface area contributed by atoms with E-state index in [1.165, 1.54) is 6.07 Å². The minimum atomic E-state index is -0.726. The molecule has 112 valence electrons. The van der Waals surface area contributed by atoms with Crippen molar-refractivity contribution in [3.05, 3.63) is 45.7 Å². The molecule has 0 saturated heterocycles. The van der Waals surface area contributed by atoms with E-state index < -0.39 is 11.5 Å². The molecule has 8 heteroatoms. The number of aromatic amines is 1. The van der Waals surface area contributed by atoms with Crippen LogP contribution < -0.4 is 21.6 Å². The van der Waals surface area contributed by atoms with Crippen molar-refractivity contribution >= 4 is 5.91 Å². The molecule has 4 N–H and O–H groups in total. The molecular weight excluding hydrogens is 286 g/mol. The van der Waals surface area contributed by atoms with Crippen molar-refractivity contribution in [1.82, 2.24) is 15.6 Å². The zero-order chi connectivity index (χ0) is 16.1. The van der Waals surface area contributed by atoms with Crippen molar-refractivity contribution < 1.29 is 9.53 Å². The minimum Gasteiger partial charge on any atom is -0.492 e. The predicted octanol–water partition coefficient (Wildman–Crippen LogP) is 0.311. The molecule has 0 unspecified atom stereocenters. The number of benzene rings is 1. The third-order valence-electron chi connectivity index (χ3n) is 2.87. The number of nitrogens with two attached hydrogens (primary N) is 1. The summed E-state index contributed by atoms with van der Waals surface area (Å²) in [5.74, 6) is 4.76. The number of nitrogens with zero attached hydrogens (tertiary/aromatic N) is 2. The van der Waals surface area contributed by atoms with Crippen molar-refractivity contribution in [2.24, 2.45) is 5.84 Å². The first kappa shape index (κ1) is 15.2. The summed E-state index contributed by atoms with van der Waals surface area (Å²) in [4.78, 5) is 23.1. The summed E-state index contributed by atoms with van der Waals surface area (Å²) in [6.07, 6.45) is 0. The molecule has 1 aromatic carbocycles. The van der Waals surface area contributed by atoms with Gasteiger partial charge in [-0.25, -0.2) is 10.9 Å². The number of ether oxygens (including phenoxy) is 1. The SMILES string of the molecule is CCOc1ccc(-c2cc(C(=O)NN)c(=O)[nH]n2)cc1C#N. The topological polar surface area (TPSA) is 134 Å². The first-order chi connectivity index (χ1) is 10.6. The van der Waals surface area contributed by atoms with Crippen LogP contribution in [0.5, 0.6) is 5.75 Å². The lowest BCUT2D eigenvalue weighted by atomic mass is 10.1. The Morgan fingerprint density at radius 2 is 2.27 bits per heavy atom. The number of rotatable bonds is 4. The fourth-order valence-electron chi connectivity index (χ4n) is 1.86. The molecule has 1 aromatic heterocycles. The molecule has 0 aliphatic carbocycles. The van der Waals surface area contributed by atoms with E-state index in [4.69, 9.17) is 15.8 Å². The van der Waals surface area contributed by atoms with E-state index in [-0.39, 0.29) is 5.56 Å². The number of hydrogen-bond acceptors (Lipinski definition) is 6. The van der Waals surface area contributed by atoms with Gasteiger partial charge in [-0.05, 0) is 31.2 Å². The number of hydrogen-bond donors (Lipinski definition) is 3. The van der Waals surface area contributed by atoms with Gasteiger partial charge in [-0.1, -0.05) is 0 Å². The average Bonchev–Trinajstić information content (AvgIpc) is 2.55. The highest BCUT2D eigenvalue weighted by molar-refractivity contribution is 5.94. The van der Waals surface area contributed by atoms with E-state index in [0.717, 1.165) is 0 Å². The maximum atomic E-state index is 11.6. The van der Waals surface area contributed by atoms with Crippen LogP contribution in [0.25, 0.3) is 11.3 Å². The van der Waals surface area contributed by atoms with Crippen LogP contribution in [0.4, 0.5) is 0 Å². The van der Waals surface area contributed by atoms with Crippen molar-refractivity contribution in [2.75, 3.05) is 6.61 Å². The van der Waals surface area contributed by atoms with Gasteiger partial charge in [-0.2, -0.15) is 10.4 Å². The molecule has 0 spiro atoms. The van der Waals surface area contributed by atoms with Crippen LogP contribution >= 0.6 is 0 Å². The minimum absolute atomic E-state index is 0.167. The van der Waals surface area contributed by atoms with E-state index in [0.29, 0.717) is 29.2 Å². The lowest BCUT2D eigenvalue weighted by Crippen LogP contribution is -2.34. The second-order valence-corrected chi connectivity index (χ2v) is 4.23. The summed E-state index contributed by atoms with van der Waals surface area (Å²) in [5, 5.41) is 15.2. The summed E-state index contributed by atoms with van der Waals surface area (Å²) in [6, 6.07) is 8.20. The third-order valence-corrected chi connectivity index (χ3v) is 2.87. The second-order valence-electron chi connectivity index (χ2n) is 4.23. The van der Waals surface area contributed by atoms with Crippen LogP contribution in [0.15, 0.2) is 29.1 Å². The Morgan fingerprint density at radius 1 is 1.50 bits per heavy atom. The highest BCUT2D eigenvalue weighted by Gasteiger charge is 2.13. The number of hydrazine groups is 1. The maximum absolute atomic E-state index is 11.6. The van der Waals surface area contributed by atoms with Gasteiger partial charge < -0.3 is 4.74 Å². The average molecular weight is 299 g/mol. The zero-order valence-corrected chi connectivity index (χ0v) is 11.7. The molecule has 2 aromatic rings. The molecule has 0 aliphatic heterocycles. The lowest BCUT2D eigenvalue weighted by molar-refractivity contribution is 0.0952. The number of amides is 1. The van der Waals surface area contributed by atoms with Crippen molar-refractivity contribution in [1.29, 1.82) is 5.26 Å². The van der Waals surface area contributed by atoms with Gasteiger partial charge in [0.05, 0.1) is 17.9 Å². The Bertz CT molecular complexity index is 807. The fourth-order valence-corrected chi connectivity index (χ4v) is 1.86. The molecule has 22 heavy (non-hydrogen) atoms. The number of H-pyrrole nitrogens is 1. The predicted molar refractivity (Wildman–Crippen MR) is 77.8 cm³/mol. The molecule has 8 nitrogen and oxygen atoms in total. The molecular formula is C14H13N5O3. The van der Waals surface area contributed by atoms with Crippen LogP contribution in [0, 0.1) is 11.3 Å². The third kappa shape index (κ3) is 2.94. The Hall–Kier alpha value is -3.18. The van der Waals surface area contributed by atoms with Crippen LogP contribution in [0.1, 0.15) is 22.8 Å². The van der Waals surface area contributed by atoms with Crippen molar-refractivity contribution in [3.63, 3.8) is 0 Å². The highest BCUT2D eigenvalue weighted by Crippen LogP contribution is 2.25. The van der Waals surface area contributed by atoms with Gasteiger partial charge >= 0.3 is 0 Å². The Labute approximate surface area is 125 Å². The van der Waals surface area contributed by atoms with Crippen LogP contribution in [-0.2, 0) is 0 Å². The summed E-state index contributed by atoms with van der Waals surface area (Å²) >= 11 is 0. The lowest BCUT2D eigenvalue weighted by Gasteiger charge is -2.07. The monoisotopic (exact) mass is 299 g/mol. The number of nitrogen functional groups attached to an aromatic ring is 1. The highest BCUT2D eigenvalue weighted by atomic mass is 16.5. The standard InChI is InChI=1S/C14H13N5O3/c1-2-22-12-4-3-8(5-9(12)7-15)11-6-10(13(20)17-16)14(21)19-18-11/h3-6H,2,16H2,1H3,(H,17,20)(H,19,21). The van der Waals surface area contributed by atoms with Gasteiger partial charge in [0, 0.05) is 5.56 Å². The molecule has 1 amide bonds. The van der Waals surface area contributed by atoms with Gasteiger partial charge in [0.1, 0.15) is 17.4 Å². The first-order valence-corrected chi connectivity index (χ1v) is 6.38. The molecule has 0 fully saturated rings. The van der Waals surface area contributed by atoms with Gasteiger partial charge in [-0.15, -0.1) is 0 Å². The Balaban J connectivity index is 2.51. The number of carbonyl (C=O) groups excluding carboxylic acids is 1. The molecule has 0 radical (unpaired) electrons. The first-order valence-electron chi connectivity index (χ1n) is 6.38. The van der Waals surface area contributed by atoms with Crippen molar-refractivity contribution in [3.8, 4) is 23.1 Å². The molecule has 0 aliphatic rings. The van der Waals surface area contributed by atoms with E-state index >= 15 is 0 Å². The summed E-state index contributed by atoms with van der Waals surface area (Å²) in [6.45, 7) is 2.25. The number of nitrogens with one attached hydrogen (secondary N) is 2. The number of carbonyl (C=O) groups is 1. The van der Waals surface area contributed by atoms with Crippen LogP contribution in [0.3, 0.4) is 0 Å². The summed E-state index contributed by atoms with van der Waals surface area (Å²) in [5.41, 5.74) is 2.29. The maximum Gasteiger partial charge on any atom is 0.277 e. The molecule has 0 atom stereocenters. The Morgan fingerprint density at radius 3 is 2.91 bits per heavy atom. The molecule has 2 rings (SSSR count). The molecule has 0 bridgehead atoms. The van der Waals surface area contributed by atoms with E-state index in [1.807, 2.05) is 18.4 Å². The second kappa shape index (κ2) is 6.51. The molecule has 0 saturated carbocycles. The van der Waals surface area contributed by atoms with Gasteiger partial charge in [0.25, 0.3) is 11.5 Å². The van der Waals surface area contributed by atoms with Crippen molar-refractivity contribution in [2.45, 2.75) is 6.92 Å². The fraction of sp³-hybridized carbons (Fsp3) is 0.143. The van der Waals surface area contributed by atoms with Crippen LogP contribution in [0.2, 0.25) is 0 Å². The summed E-state index contributed by atoms with van der Waals surface area (Å²) < 4.78 is 5.34. The number of nitriles is 1. The van der Waals surface area contributed by atoms with E-state index in [1.54, 1.807) is 18.2 Å². The quantitative estimate of drug-likeness (QED) is 0.422. The molecule has 1 heterocycles. The number of aromatic nitrogens is 2. The zero-order valence-electron chi connectivity index (χ0n) is 11.7. The normalized spacial score (nSPS) is 9.86. The van der Waals surface area contributed by atoms with E-state index in [9.17, 15) is 9.59 Å². The van der Waals surface area contributed by atoms with Crippen LogP contribution in [-0.4, -0.2) is 22.7 Å². The van der Waals surface area contributed by atoms with Gasteiger partial charge in [0.15, 0.2) is 0 Å². The largest absolute Gasteiger partial charge is 0.492 e. The summed E-state index contributed by atoms with van der Waals surface area (Å²) in [7, 11) is 0. The smallest absolute Gasteiger partial charge is 0.277 e. The van der Waals surface area contributed by atoms with E-state index in [2.05, 4.69) is 10.2 Å².